The van der Waals surface area contributed by atoms with Gasteiger partial charge in [-0.25, -0.2) is 0 Å². The van der Waals surface area contributed by atoms with E-state index >= 15 is 0 Å². The molecule has 2 rings (SSSR count). The van der Waals surface area contributed by atoms with E-state index in [4.69, 9.17) is 5.11 Å². The lowest BCUT2D eigenvalue weighted by molar-refractivity contribution is -0.384. The number of non-ortho nitro benzene ring substituents is 1. The van der Waals surface area contributed by atoms with Gasteiger partial charge in [-0.05, 0) is 18.1 Å². The van der Waals surface area contributed by atoms with Gasteiger partial charge in [0.2, 0.25) is 0 Å². The van der Waals surface area contributed by atoms with Gasteiger partial charge in [-0.3, -0.25) is 10.1 Å². The van der Waals surface area contributed by atoms with Gasteiger partial charge >= 0.3 is 0 Å². The van der Waals surface area contributed by atoms with Crippen LogP contribution >= 0.6 is 0 Å². The Morgan fingerprint density at radius 2 is 2.41 bits per heavy atom. The number of nitrogens with one attached hydrogen (secondary N) is 2. The summed E-state index contributed by atoms with van der Waals surface area (Å²) in [6.07, 6.45) is 0.773. The summed E-state index contributed by atoms with van der Waals surface area (Å²) in [5.41, 5.74) is 2.08. The van der Waals surface area contributed by atoms with Crippen LogP contribution in [0.1, 0.15) is 5.56 Å². The number of nitro groups is 1. The van der Waals surface area contributed by atoms with E-state index in [1.165, 1.54) is 6.07 Å². The van der Waals surface area contributed by atoms with E-state index in [2.05, 4.69) is 10.6 Å². The monoisotopic (exact) mass is 237 g/mol. The number of hydrogen-bond donors (Lipinski definition) is 3. The molecule has 0 saturated heterocycles. The van der Waals surface area contributed by atoms with Crippen molar-refractivity contribution < 1.29 is 10.0 Å². The number of hydrogen-bond acceptors (Lipinski definition) is 5. The Labute approximate surface area is 98.8 Å². The van der Waals surface area contributed by atoms with Crippen LogP contribution in [0.2, 0.25) is 0 Å². The number of aliphatic hydroxyl groups excluding tert-OH is 1. The quantitative estimate of drug-likeness (QED) is 0.394. The lowest BCUT2D eigenvalue weighted by Gasteiger charge is -2.11. The van der Waals surface area contributed by atoms with Gasteiger partial charge in [0, 0.05) is 37.0 Å². The van der Waals surface area contributed by atoms with E-state index in [9.17, 15) is 10.1 Å². The van der Waals surface area contributed by atoms with Crippen LogP contribution in [-0.4, -0.2) is 35.8 Å². The summed E-state index contributed by atoms with van der Waals surface area (Å²) in [6, 6.07) is 5.11. The standard InChI is InChI=1S/C11H15N3O3/c15-4-3-12-7-9-5-8-6-10(14(16)17)1-2-11(8)13-9/h1-2,6,9,12-13,15H,3-5,7H2/t9-/m0/s1. The van der Waals surface area contributed by atoms with Crippen molar-refractivity contribution in [3.05, 3.63) is 33.9 Å². The topological polar surface area (TPSA) is 87.4 Å². The van der Waals surface area contributed by atoms with E-state index < -0.39 is 0 Å². The van der Waals surface area contributed by atoms with Crippen LogP contribution in [0.5, 0.6) is 0 Å². The molecule has 0 amide bonds. The third-order valence-electron chi connectivity index (χ3n) is 2.80. The summed E-state index contributed by atoms with van der Waals surface area (Å²) in [5.74, 6) is 0. The van der Waals surface area contributed by atoms with E-state index in [0.29, 0.717) is 6.54 Å². The molecule has 3 N–H and O–H groups in total. The first kappa shape index (κ1) is 11.8. The Kier molecular flexibility index (Phi) is 3.55. The Morgan fingerprint density at radius 3 is 3.12 bits per heavy atom. The molecule has 0 aliphatic carbocycles. The zero-order valence-electron chi connectivity index (χ0n) is 9.35. The minimum absolute atomic E-state index is 0.116. The third kappa shape index (κ3) is 2.72. The average molecular weight is 237 g/mol. The molecule has 92 valence electrons. The van der Waals surface area contributed by atoms with E-state index in [1.807, 2.05) is 0 Å². The predicted molar refractivity (Wildman–Crippen MR) is 64.2 cm³/mol. The maximum absolute atomic E-state index is 10.6. The van der Waals surface area contributed by atoms with Crippen molar-refractivity contribution in [3.8, 4) is 0 Å². The summed E-state index contributed by atoms with van der Waals surface area (Å²) < 4.78 is 0. The summed E-state index contributed by atoms with van der Waals surface area (Å²) in [6.45, 7) is 1.42. The molecule has 0 bridgehead atoms. The van der Waals surface area contributed by atoms with Gasteiger partial charge < -0.3 is 15.7 Å². The highest BCUT2D eigenvalue weighted by Gasteiger charge is 2.22. The second-order valence-electron chi connectivity index (χ2n) is 4.07. The molecule has 17 heavy (non-hydrogen) atoms. The second kappa shape index (κ2) is 5.11. The van der Waals surface area contributed by atoms with Crippen molar-refractivity contribution in [2.24, 2.45) is 0 Å². The molecule has 6 nitrogen and oxygen atoms in total. The summed E-state index contributed by atoms with van der Waals surface area (Å²) in [5, 5.41) is 25.7. The first-order valence-electron chi connectivity index (χ1n) is 5.56. The molecular formula is C11H15N3O3. The van der Waals surface area contributed by atoms with Crippen LogP contribution in [0.4, 0.5) is 11.4 Å². The molecule has 6 heteroatoms. The molecule has 1 aromatic rings. The van der Waals surface area contributed by atoms with Gasteiger partial charge in [0.15, 0.2) is 0 Å². The molecule has 0 saturated carbocycles. The van der Waals surface area contributed by atoms with Crippen molar-refractivity contribution in [3.63, 3.8) is 0 Å². The highest BCUT2D eigenvalue weighted by molar-refractivity contribution is 5.60. The SMILES string of the molecule is O=[N+]([O-])c1ccc2c(c1)C[C@@H](CNCCO)N2. The highest BCUT2D eigenvalue weighted by Crippen LogP contribution is 2.29. The van der Waals surface area contributed by atoms with Crippen LogP contribution in [0.15, 0.2) is 18.2 Å². The minimum Gasteiger partial charge on any atom is -0.395 e. The molecule has 1 aliphatic heterocycles. The molecule has 0 aromatic heterocycles. The number of nitrogens with zero attached hydrogens (tertiary/aromatic N) is 1. The maximum Gasteiger partial charge on any atom is 0.269 e. The summed E-state index contributed by atoms with van der Waals surface area (Å²) in [7, 11) is 0. The molecular weight excluding hydrogens is 222 g/mol. The summed E-state index contributed by atoms with van der Waals surface area (Å²) >= 11 is 0. The Morgan fingerprint density at radius 1 is 1.59 bits per heavy atom. The van der Waals surface area contributed by atoms with Gasteiger partial charge in [-0.15, -0.1) is 0 Å². The fourth-order valence-electron chi connectivity index (χ4n) is 2.02. The van der Waals surface area contributed by atoms with Gasteiger partial charge in [0.25, 0.3) is 5.69 Å². The number of benzene rings is 1. The van der Waals surface area contributed by atoms with Crippen LogP contribution in [0, 0.1) is 10.1 Å². The maximum atomic E-state index is 10.6. The minimum atomic E-state index is -0.377. The van der Waals surface area contributed by atoms with Gasteiger partial charge in [0.1, 0.15) is 0 Å². The zero-order valence-corrected chi connectivity index (χ0v) is 9.35. The van der Waals surface area contributed by atoms with Crippen LogP contribution in [-0.2, 0) is 6.42 Å². The van der Waals surface area contributed by atoms with Crippen molar-refractivity contribution in [2.75, 3.05) is 25.0 Å². The van der Waals surface area contributed by atoms with Crippen molar-refractivity contribution >= 4 is 11.4 Å². The molecule has 0 spiro atoms. The molecule has 1 aliphatic rings. The van der Waals surface area contributed by atoms with Gasteiger partial charge in [-0.2, -0.15) is 0 Å². The van der Waals surface area contributed by atoms with Crippen LogP contribution < -0.4 is 10.6 Å². The highest BCUT2D eigenvalue weighted by atomic mass is 16.6. The molecule has 0 radical (unpaired) electrons. The number of rotatable bonds is 5. The Hall–Kier alpha value is -1.66. The van der Waals surface area contributed by atoms with Crippen molar-refractivity contribution in [1.82, 2.24) is 5.32 Å². The molecule has 1 heterocycles. The molecule has 0 unspecified atom stereocenters. The normalized spacial score (nSPS) is 17.6. The predicted octanol–water partition coefficient (Wildman–Crippen LogP) is 0.513. The van der Waals surface area contributed by atoms with Crippen molar-refractivity contribution in [2.45, 2.75) is 12.5 Å². The number of aliphatic hydroxyl groups is 1. The first-order valence-corrected chi connectivity index (χ1v) is 5.56. The van der Waals surface area contributed by atoms with Crippen molar-refractivity contribution in [1.29, 1.82) is 0 Å². The van der Waals surface area contributed by atoms with E-state index in [-0.39, 0.29) is 23.3 Å². The number of nitro benzene ring substituents is 1. The average Bonchev–Trinajstić information content (AvgIpc) is 2.70. The van der Waals surface area contributed by atoms with Gasteiger partial charge in [0.05, 0.1) is 11.5 Å². The van der Waals surface area contributed by atoms with Crippen LogP contribution in [0.3, 0.4) is 0 Å². The van der Waals surface area contributed by atoms with E-state index in [1.54, 1.807) is 12.1 Å². The molecule has 0 fully saturated rings. The fourth-order valence-corrected chi connectivity index (χ4v) is 2.02. The Bertz CT molecular complexity index is 422. The number of anilines is 1. The smallest absolute Gasteiger partial charge is 0.269 e. The number of fused-ring (bicyclic) bond motifs is 1. The second-order valence-corrected chi connectivity index (χ2v) is 4.07. The molecule has 1 aromatic carbocycles. The molecule has 1 atom stereocenters. The third-order valence-corrected chi connectivity index (χ3v) is 2.80. The zero-order chi connectivity index (χ0) is 12.3. The lowest BCUT2D eigenvalue weighted by Crippen LogP contribution is -2.32. The van der Waals surface area contributed by atoms with Crippen LogP contribution in [0.25, 0.3) is 0 Å². The van der Waals surface area contributed by atoms with E-state index in [0.717, 1.165) is 24.2 Å². The first-order chi connectivity index (χ1) is 8.20. The summed E-state index contributed by atoms with van der Waals surface area (Å²) in [4.78, 5) is 10.3. The largest absolute Gasteiger partial charge is 0.395 e. The lowest BCUT2D eigenvalue weighted by atomic mass is 10.1. The fraction of sp³-hybridized carbons (Fsp3) is 0.455. The van der Waals surface area contributed by atoms with Gasteiger partial charge in [-0.1, -0.05) is 0 Å². The Balaban J connectivity index is 1.99.